The Kier molecular flexibility index (Phi) is 5.18. The van der Waals surface area contributed by atoms with E-state index in [0.717, 1.165) is 38.9 Å². The fraction of sp³-hybridized carbons (Fsp3) is 0.727. The molecular weight excluding hydrogens is 190 g/mol. The standard InChI is InChI=1S/C11H21N3O/c1-3-7-13-9-10-14(11(13)15)8-5-4-6-12-2/h9-10,12H,3-8H2,1-2H3. The second-order valence-electron chi connectivity index (χ2n) is 3.78. The lowest BCUT2D eigenvalue weighted by atomic mass is 10.3. The minimum absolute atomic E-state index is 0.126. The number of aromatic nitrogens is 2. The van der Waals surface area contributed by atoms with Crippen LogP contribution < -0.4 is 11.0 Å². The molecule has 0 aromatic carbocycles. The first-order chi connectivity index (χ1) is 7.29. The molecule has 15 heavy (non-hydrogen) atoms. The Morgan fingerprint density at radius 3 is 2.47 bits per heavy atom. The summed E-state index contributed by atoms with van der Waals surface area (Å²) in [5.41, 5.74) is 0.126. The van der Waals surface area contributed by atoms with Crippen LogP contribution in [0.1, 0.15) is 26.2 Å². The number of unbranched alkanes of at least 4 members (excludes halogenated alkanes) is 1. The van der Waals surface area contributed by atoms with Gasteiger partial charge in [0.1, 0.15) is 0 Å². The molecule has 0 unspecified atom stereocenters. The fourth-order valence-electron chi connectivity index (χ4n) is 1.62. The molecule has 0 aliphatic carbocycles. The molecule has 4 heteroatoms. The molecule has 1 aromatic rings. The minimum Gasteiger partial charge on any atom is -0.320 e. The van der Waals surface area contributed by atoms with E-state index in [0.29, 0.717) is 0 Å². The van der Waals surface area contributed by atoms with Gasteiger partial charge in [-0.25, -0.2) is 4.79 Å². The smallest absolute Gasteiger partial charge is 0.320 e. The zero-order valence-electron chi connectivity index (χ0n) is 9.70. The largest absolute Gasteiger partial charge is 0.328 e. The zero-order valence-corrected chi connectivity index (χ0v) is 9.70. The second-order valence-corrected chi connectivity index (χ2v) is 3.78. The number of nitrogens with zero attached hydrogens (tertiary/aromatic N) is 2. The third kappa shape index (κ3) is 3.55. The zero-order chi connectivity index (χ0) is 11.1. The summed E-state index contributed by atoms with van der Waals surface area (Å²) in [4.78, 5) is 11.7. The molecule has 0 aliphatic heterocycles. The van der Waals surface area contributed by atoms with Gasteiger partial charge in [0.25, 0.3) is 0 Å². The third-order valence-electron chi connectivity index (χ3n) is 2.46. The molecule has 0 spiro atoms. The Morgan fingerprint density at radius 2 is 1.87 bits per heavy atom. The van der Waals surface area contributed by atoms with Crippen LogP contribution in [0.2, 0.25) is 0 Å². The lowest BCUT2D eigenvalue weighted by molar-refractivity contribution is 0.557. The summed E-state index contributed by atoms with van der Waals surface area (Å²) < 4.78 is 3.57. The molecule has 1 aromatic heterocycles. The highest BCUT2D eigenvalue weighted by Gasteiger charge is 2.01. The maximum absolute atomic E-state index is 11.7. The molecule has 0 fully saturated rings. The van der Waals surface area contributed by atoms with E-state index in [2.05, 4.69) is 12.2 Å². The van der Waals surface area contributed by atoms with Gasteiger partial charge >= 0.3 is 5.69 Å². The van der Waals surface area contributed by atoms with Gasteiger partial charge in [0.2, 0.25) is 0 Å². The Labute approximate surface area is 90.9 Å². The fourth-order valence-corrected chi connectivity index (χ4v) is 1.62. The van der Waals surface area contributed by atoms with E-state index in [-0.39, 0.29) is 5.69 Å². The van der Waals surface area contributed by atoms with E-state index in [9.17, 15) is 4.79 Å². The van der Waals surface area contributed by atoms with Crippen LogP contribution in [0.4, 0.5) is 0 Å². The molecule has 0 saturated heterocycles. The number of hydrogen-bond donors (Lipinski definition) is 1. The van der Waals surface area contributed by atoms with E-state index in [1.165, 1.54) is 0 Å². The van der Waals surface area contributed by atoms with E-state index in [1.807, 2.05) is 19.4 Å². The van der Waals surface area contributed by atoms with Crippen LogP contribution in [0.15, 0.2) is 17.2 Å². The van der Waals surface area contributed by atoms with Gasteiger partial charge in [-0.2, -0.15) is 0 Å². The number of rotatable bonds is 7. The van der Waals surface area contributed by atoms with Crippen molar-refractivity contribution in [3.05, 3.63) is 22.9 Å². The second kappa shape index (κ2) is 6.45. The van der Waals surface area contributed by atoms with Crippen LogP contribution >= 0.6 is 0 Å². The first-order valence-electron chi connectivity index (χ1n) is 5.69. The summed E-state index contributed by atoms with van der Waals surface area (Å²) in [6, 6.07) is 0. The molecular formula is C11H21N3O. The van der Waals surface area contributed by atoms with Crippen molar-refractivity contribution in [3.63, 3.8) is 0 Å². The topological polar surface area (TPSA) is 39.0 Å². The molecule has 1 N–H and O–H groups in total. The van der Waals surface area contributed by atoms with E-state index in [1.54, 1.807) is 9.13 Å². The van der Waals surface area contributed by atoms with Crippen LogP contribution in [-0.4, -0.2) is 22.7 Å². The summed E-state index contributed by atoms with van der Waals surface area (Å²) in [6.45, 7) is 4.75. The maximum atomic E-state index is 11.7. The Bertz CT molecular complexity index is 327. The van der Waals surface area contributed by atoms with Gasteiger partial charge < -0.3 is 5.32 Å². The summed E-state index contributed by atoms with van der Waals surface area (Å²) in [6.07, 6.45) is 6.93. The summed E-state index contributed by atoms with van der Waals surface area (Å²) in [5.74, 6) is 0. The molecule has 4 nitrogen and oxygen atoms in total. The molecule has 0 radical (unpaired) electrons. The molecule has 86 valence electrons. The van der Waals surface area contributed by atoms with Crippen LogP contribution in [0.3, 0.4) is 0 Å². The van der Waals surface area contributed by atoms with Crippen LogP contribution in [0, 0.1) is 0 Å². The highest BCUT2D eigenvalue weighted by molar-refractivity contribution is 4.81. The van der Waals surface area contributed by atoms with Crippen molar-refractivity contribution in [1.82, 2.24) is 14.5 Å². The van der Waals surface area contributed by atoms with Crippen molar-refractivity contribution in [2.75, 3.05) is 13.6 Å². The molecule has 0 amide bonds. The minimum atomic E-state index is 0.126. The lowest BCUT2D eigenvalue weighted by Gasteiger charge is -2.01. The van der Waals surface area contributed by atoms with Gasteiger partial charge in [-0.3, -0.25) is 9.13 Å². The highest BCUT2D eigenvalue weighted by Crippen LogP contribution is 1.93. The first kappa shape index (κ1) is 12.0. The van der Waals surface area contributed by atoms with Gasteiger partial charge in [0, 0.05) is 25.5 Å². The van der Waals surface area contributed by atoms with Crippen molar-refractivity contribution in [1.29, 1.82) is 0 Å². The Morgan fingerprint density at radius 1 is 1.20 bits per heavy atom. The van der Waals surface area contributed by atoms with Crippen LogP contribution in [0.5, 0.6) is 0 Å². The van der Waals surface area contributed by atoms with Crippen molar-refractivity contribution < 1.29 is 0 Å². The number of hydrogen-bond acceptors (Lipinski definition) is 2. The Hall–Kier alpha value is -1.03. The van der Waals surface area contributed by atoms with Crippen LogP contribution in [0.25, 0.3) is 0 Å². The molecule has 0 bridgehead atoms. The highest BCUT2D eigenvalue weighted by atomic mass is 16.1. The average Bonchev–Trinajstić information content (AvgIpc) is 2.57. The van der Waals surface area contributed by atoms with Crippen molar-refractivity contribution in [2.45, 2.75) is 39.3 Å². The van der Waals surface area contributed by atoms with Gasteiger partial charge in [-0.1, -0.05) is 6.92 Å². The van der Waals surface area contributed by atoms with Gasteiger partial charge in [-0.05, 0) is 32.9 Å². The quantitative estimate of drug-likeness (QED) is 0.685. The van der Waals surface area contributed by atoms with Gasteiger partial charge in [0.15, 0.2) is 0 Å². The normalized spacial score (nSPS) is 10.8. The number of imidazole rings is 1. The average molecular weight is 211 g/mol. The summed E-state index contributed by atoms with van der Waals surface area (Å²) in [7, 11) is 1.95. The SMILES string of the molecule is CCCn1ccn(CCCCNC)c1=O. The number of nitrogens with one attached hydrogen (secondary N) is 1. The predicted octanol–water partition coefficient (Wildman–Crippen LogP) is 1.06. The van der Waals surface area contributed by atoms with Gasteiger partial charge in [-0.15, -0.1) is 0 Å². The summed E-state index contributed by atoms with van der Waals surface area (Å²) >= 11 is 0. The lowest BCUT2D eigenvalue weighted by Crippen LogP contribution is -2.24. The van der Waals surface area contributed by atoms with Crippen molar-refractivity contribution >= 4 is 0 Å². The predicted molar refractivity (Wildman–Crippen MR) is 62.1 cm³/mol. The third-order valence-corrected chi connectivity index (χ3v) is 2.46. The molecule has 0 atom stereocenters. The van der Waals surface area contributed by atoms with E-state index >= 15 is 0 Å². The molecule has 1 rings (SSSR count). The monoisotopic (exact) mass is 211 g/mol. The maximum Gasteiger partial charge on any atom is 0.328 e. The molecule has 0 aliphatic rings. The van der Waals surface area contributed by atoms with Crippen molar-refractivity contribution in [3.8, 4) is 0 Å². The molecule has 0 saturated carbocycles. The van der Waals surface area contributed by atoms with E-state index < -0.39 is 0 Å². The Balaban J connectivity index is 2.44. The van der Waals surface area contributed by atoms with Gasteiger partial charge in [0.05, 0.1) is 0 Å². The van der Waals surface area contributed by atoms with Crippen molar-refractivity contribution in [2.24, 2.45) is 0 Å². The summed E-state index contributed by atoms with van der Waals surface area (Å²) in [5, 5.41) is 3.10. The molecule has 1 heterocycles. The van der Waals surface area contributed by atoms with Crippen LogP contribution in [-0.2, 0) is 13.1 Å². The van der Waals surface area contributed by atoms with E-state index in [4.69, 9.17) is 0 Å². The number of aryl methyl sites for hydroxylation is 2. The first-order valence-corrected chi connectivity index (χ1v) is 5.69.